The highest BCUT2D eigenvalue weighted by Gasteiger charge is 2.27. The second kappa shape index (κ2) is 11.9. The summed E-state index contributed by atoms with van der Waals surface area (Å²) in [4.78, 5) is 24.4. The van der Waals surface area contributed by atoms with Crippen LogP contribution in [0.25, 0.3) is 0 Å². The van der Waals surface area contributed by atoms with Crippen molar-refractivity contribution in [3.63, 3.8) is 0 Å². The second-order valence-corrected chi connectivity index (χ2v) is 9.42. The molecule has 2 aromatic rings. The van der Waals surface area contributed by atoms with Gasteiger partial charge in [-0.3, -0.25) is 9.59 Å². The van der Waals surface area contributed by atoms with Crippen LogP contribution in [0.4, 0.5) is 0 Å². The zero-order valence-electron chi connectivity index (χ0n) is 16.3. The molecule has 10 heteroatoms. The van der Waals surface area contributed by atoms with Gasteiger partial charge in [-0.25, -0.2) is 8.42 Å². The number of hydrogen-bond acceptors (Lipinski definition) is 6. The second-order valence-electron chi connectivity index (χ2n) is 6.28. The average molecular weight is 471 g/mol. The third-order valence-corrected chi connectivity index (χ3v) is 6.38. The number of halogens is 1. The summed E-state index contributed by atoms with van der Waals surface area (Å²) >= 11 is 7.28. The molecule has 1 atom stereocenters. The Labute approximate surface area is 185 Å². The first kappa shape index (κ1) is 24.2. The van der Waals surface area contributed by atoms with Crippen molar-refractivity contribution in [3.05, 3.63) is 65.2 Å². The Morgan fingerprint density at radius 2 is 1.77 bits per heavy atom. The number of amides is 1. The van der Waals surface area contributed by atoms with Crippen molar-refractivity contribution in [2.24, 2.45) is 0 Å². The predicted octanol–water partition coefficient (Wildman–Crippen LogP) is 2.60. The van der Waals surface area contributed by atoms with Gasteiger partial charge in [0.15, 0.2) is 6.61 Å². The van der Waals surface area contributed by atoms with Gasteiger partial charge in [0.2, 0.25) is 10.0 Å². The first-order valence-electron chi connectivity index (χ1n) is 9.06. The van der Waals surface area contributed by atoms with E-state index in [-0.39, 0.29) is 17.9 Å². The summed E-state index contributed by atoms with van der Waals surface area (Å²) in [5.41, 5.74) is 0.840. The fraction of sp³-hybridized carbons (Fsp3) is 0.300. The van der Waals surface area contributed by atoms with Crippen LogP contribution in [0.5, 0.6) is 0 Å². The van der Waals surface area contributed by atoms with Crippen molar-refractivity contribution in [3.8, 4) is 0 Å². The summed E-state index contributed by atoms with van der Waals surface area (Å²) in [6, 6.07) is 13.6. The smallest absolute Gasteiger partial charge is 0.324 e. The molecule has 0 aliphatic carbocycles. The van der Waals surface area contributed by atoms with Gasteiger partial charge in [0, 0.05) is 11.6 Å². The molecule has 0 radical (unpaired) electrons. The minimum Gasteiger partial charge on any atom is -0.454 e. The zero-order valence-corrected chi connectivity index (χ0v) is 18.7. The van der Waals surface area contributed by atoms with E-state index >= 15 is 0 Å². The Balaban J connectivity index is 1.91. The molecular weight excluding hydrogens is 448 g/mol. The number of sulfonamides is 1. The van der Waals surface area contributed by atoms with Crippen molar-refractivity contribution in [1.82, 2.24) is 10.0 Å². The molecule has 0 aliphatic rings. The summed E-state index contributed by atoms with van der Waals surface area (Å²) in [5.74, 6) is -0.752. The number of benzene rings is 2. The fourth-order valence-corrected chi connectivity index (χ4v) is 4.24. The van der Waals surface area contributed by atoms with Crippen molar-refractivity contribution >= 4 is 45.3 Å². The number of thioether (sulfide) groups is 1. The Morgan fingerprint density at radius 1 is 1.10 bits per heavy atom. The molecule has 1 amide bonds. The van der Waals surface area contributed by atoms with Gasteiger partial charge in [0.05, 0.1) is 4.90 Å². The molecule has 2 aromatic carbocycles. The largest absolute Gasteiger partial charge is 0.454 e. The zero-order chi connectivity index (χ0) is 22.0. The summed E-state index contributed by atoms with van der Waals surface area (Å²) in [6.45, 7) is -0.251. The molecule has 30 heavy (non-hydrogen) atoms. The predicted molar refractivity (Wildman–Crippen MR) is 118 cm³/mol. The van der Waals surface area contributed by atoms with Crippen LogP contribution in [0.1, 0.15) is 12.0 Å². The summed E-state index contributed by atoms with van der Waals surface area (Å²) < 4.78 is 32.4. The Bertz CT molecular complexity index is 937. The molecule has 7 nitrogen and oxygen atoms in total. The molecule has 2 N–H and O–H groups in total. The highest BCUT2D eigenvalue weighted by Crippen LogP contribution is 2.12. The van der Waals surface area contributed by atoms with E-state index in [1.165, 1.54) is 23.9 Å². The van der Waals surface area contributed by atoms with Crippen molar-refractivity contribution in [1.29, 1.82) is 0 Å². The number of rotatable bonds is 11. The van der Waals surface area contributed by atoms with Crippen LogP contribution in [0.2, 0.25) is 5.02 Å². The van der Waals surface area contributed by atoms with Gasteiger partial charge in [0.25, 0.3) is 5.91 Å². The van der Waals surface area contributed by atoms with E-state index in [1.807, 2.05) is 6.26 Å². The van der Waals surface area contributed by atoms with E-state index in [4.69, 9.17) is 16.3 Å². The maximum absolute atomic E-state index is 12.5. The summed E-state index contributed by atoms with van der Waals surface area (Å²) in [6.07, 6.45) is 2.08. The highest BCUT2D eigenvalue weighted by molar-refractivity contribution is 7.98. The number of nitrogens with one attached hydrogen (secondary N) is 2. The first-order chi connectivity index (χ1) is 14.3. The van der Waals surface area contributed by atoms with Crippen LogP contribution in [0.15, 0.2) is 59.5 Å². The Morgan fingerprint density at radius 3 is 2.40 bits per heavy atom. The quantitative estimate of drug-likeness (QED) is 0.489. The van der Waals surface area contributed by atoms with Gasteiger partial charge in [-0.2, -0.15) is 16.5 Å². The average Bonchev–Trinajstić information content (AvgIpc) is 2.75. The lowest BCUT2D eigenvalue weighted by atomic mass is 10.2. The van der Waals surface area contributed by atoms with E-state index in [0.29, 0.717) is 10.8 Å². The first-order valence-corrected chi connectivity index (χ1v) is 12.3. The molecule has 0 heterocycles. The third-order valence-electron chi connectivity index (χ3n) is 3.99. The minimum atomic E-state index is -3.89. The van der Waals surface area contributed by atoms with E-state index in [0.717, 1.165) is 5.56 Å². The molecule has 0 spiro atoms. The molecule has 162 valence electrons. The molecule has 0 aliphatic heterocycles. The highest BCUT2D eigenvalue weighted by atomic mass is 35.5. The number of esters is 1. The van der Waals surface area contributed by atoms with E-state index < -0.39 is 34.5 Å². The van der Waals surface area contributed by atoms with E-state index in [1.54, 1.807) is 42.5 Å². The van der Waals surface area contributed by atoms with Gasteiger partial charge < -0.3 is 10.1 Å². The molecule has 0 saturated heterocycles. The Hall–Kier alpha value is -2.07. The molecular formula is C20H23ClN2O5S2. The lowest BCUT2D eigenvalue weighted by Crippen LogP contribution is -2.43. The van der Waals surface area contributed by atoms with Crippen LogP contribution in [0, 0.1) is 0 Å². The van der Waals surface area contributed by atoms with Gasteiger partial charge in [-0.15, -0.1) is 0 Å². The lowest BCUT2D eigenvalue weighted by molar-refractivity contribution is -0.150. The van der Waals surface area contributed by atoms with Crippen LogP contribution in [0.3, 0.4) is 0 Å². The standard InChI is InChI=1S/C20H23ClN2O5S2/c1-29-12-11-18(23-30(26,27)17-5-3-2-4-6-17)20(25)28-14-19(24)22-13-15-7-9-16(21)10-8-15/h2-10,18,23H,11-14H2,1H3,(H,22,24). The van der Waals surface area contributed by atoms with Crippen molar-refractivity contribution in [2.45, 2.75) is 23.9 Å². The normalized spacial score (nSPS) is 12.2. The van der Waals surface area contributed by atoms with Crippen molar-refractivity contribution in [2.75, 3.05) is 18.6 Å². The van der Waals surface area contributed by atoms with Crippen LogP contribution in [-0.4, -0.2) is 45.0 Å². The molecule has 0 aromatic heterocycles. The number of hydrogen-bond donors (Lipinski definition) is 2. The van der Waals surface area contributed by atoms with Gasteiger partial charge in [0.1, 0.15) is 6.04 Å². The van der Waals surface area contributed by atoms with Crippen LogP contribution in [-0.2, 0) is 30.9 Å². The molecule has 1 unspecified atom stereocenters. The van der Waals surface area contributed by atoms with Crippen LogP contribution < -0.4 is 10.0 Å². The third kappa shape index (κ3) is 7.98. The van der Waals surface area contributed by atoms with Gasteiger partial charge in [-0.05, 0) is 48.3 Å². The van der Waals surface area contributed by atoms with E-state index in [2.05, 4.69) is 10.0 Å². The van der Waals surface area contributed by atoms with Crippen molar-refractivity contribution < 1.29 is 22.7 Å². The van der Waals surface area contributed by atoms with Gasteiger partial charge in [-0.1, -0.05) is 41.9 Å². The summed E-state index contributed by atoms with van der Waals surface area (Å²) in [7, 11) is -3.89. The number of ether oxygens (including phenoxy) is 1. The SMILES string of the molecule is CSCCC(NS(=O)(=O)c1ccccc1)C(=O)OCC(=O)NCc1ccc(Cl)cc1. The Kier molecular flexibility index (Phi) is 9.64. The number of carbonyl (C=O) groups excluding carboxylic acids is 2. The maximum Gasteiger partial charge on any atom is 0.324 e. The molecule has 0 fully saturated rings. The lowest BCUT2D eigenvalue weighted by Gasteiger charge is -2.17. The van der Waals surface area contributed by atoms with Gasteiger partial charge >= 0.3 is 5.97 Å². The monoisotopic (exact) mass is 470 g/mol. The molecule has 2 rings (SSSR count). The van der Waals surface area contributed by atoms with E-state index in [9.17, 15) is 18.0 Å². The topological polar surface area (TPSA) is 102 Å². The summed E-state index contributed by atoms with van der Waals surface area (Å²) in [5, 5.41) is 3.22. The minimum absolute atomic E-state index is 0.0488. The molecule has 0 saturated carbocycles. The van der Waals surface area contributed by atoms with Crippen LogP contribution >= 0.6 is 23.4 Å². The molecule has 0 bridgehead atoms. The number of carbonyl (C=O) groups is 2. The maximum atomic E-state index is 12.5. The fourth-order valence-electron chi connectivity index (χ4n) is 2.41.